The van der Waals surface area contributed by atoms with E-state index in [-0.39, 0.29) is 30.4 Å². The first-order valence-electron chi connectivity index (χ1n) is 12.3. The van der Waals surface area contributed by atoms with Gasteiger partial charge in [-0.3, -0.25) is 9.59 Å². The molecular formula is C27H40N2O5S. The van der Waals surface area contributed by atoms with Gasteiger partial charge in [0.1, 0.15) is 17.3 Å². The van der Waals surface area contributed by atoms with E-state index in [4.69, 9.17) is 13.9 Å². The van der Waals surface area contributed by atoms with Crippen molar-refractivity contribution in [3.63, 3.8) is 0 Å². The van der Waals surface area contributed by atoms with Crippen LogP contribution in [-0.2, 0) is 15.3 Å². The quantitative estimate of drug-likeness (QED) is 0.300. The van der Waals surface area contributed by atoms with Crippen molar-refractivity contribution < 1.29 is 23.5 Å². The number of furan rings is 1. The Morgan fingerprint density at radius 1 is 1.11 bits per heavy atom. The number of Topliss-reactive ketones (excluding diaryl/α,β-unsaturated/α-hetero) is 1. The van der Waals surface area contributed by atoms with E-state index in [0.29, 0.717) is 29.7 Å². The number of ketones is 1. The molecule has 194 valence electrons. The van der Waals surface area contributed by atoms with E-state index in [9.17, 15) is 9.59 Å². The second-order valence-electron chi connectivity index (χ2n) is 9.00. The van der Waals surface area contributed by atoms with Gasteiger partial charge in [-0.2, -0.15) is 0 Å². The van der Waals surface area contributed by atoms with Crippen molar-refractivity contribution in [2.45, 2.75) is 64.3 Å². The molecule has 1 heterocycles. The molecule has 0 radical (unpaired) electrons. The smallest absolute Gasteiger partial charge is 0.258 e. The predicted molar refractivity (Wildman–Crippen MR) is 141 cm³/mol. The number of hydrogen-bond donors (Lipinski definition) is 2. The van der Waals surface area contributed by atoms with Crippen molar-refractivity contribution in [2.75, 3.05) is 26.0 Å². The average Bonchev–Trinajstić information content (AvgIpc) is 3.36. The van der Waals surface area contributed by atoms with Gasteiger partial charge in [0.05, 0.1) is 30.9 Å². The molecule has 2 aromatic rings. The van der Waals surface area contributed by atoms with Crippen LogP contribution in [0.3, 0.4) is 0 Å². The predicted octanol–water partition coefficient (Wildman–Crippen LogP) is 4.85. The number of benzene rings is 1. The van der Waals surface area contributed by atoms with Gasteiger partial charge in [-0.25, -0.2) is 0 Å². The number of carbonyl (C=O) groups is 2. The lowest BCUT2D eigenvalue weighted by Gasteiger charge is -2.25. The molecule has 7 nitrogen and oxygen atoms in total. The molecule has 2 N–H and O–H groups in total. The summed E-state index contributed by atoms with van der Waals surface area (Å²) in [5.41, 5.74) is 0. The molecule has 8 heteroatoms. The Kier molecular flexibility index (Phi) is 13.4. The van der Waals surface area contributed by atoms with E-state index in [1.807, 2.05) is 12.1 Å². The highest BCUT2D eigenvalue weighted by Gasteiger charge is 2.21. The number of nitrogens with one attached hydrogen (secondary N) is 2. The molecule has 1 aromatic heterocycles. The fraction of sp³-hybridized carbons (Fsp3) is 0.556. The fourth-order valence-corrected chi connectivity index (χ4v) is 4.54. The van der Waals surface area contributed by atoms with Crippen molar-refractivity contribution in [3.05, 3.63) is 48.4 Å². The Balaban J connectivity index is 1.85. The number of ether oxygens (including phenoxy) is 2. The Bertz CT molecular complexity index is 855. The molecule has 0 aliphatic heterocycles. The number of rotatable bonds is 18. The monoisotopic (exact) mass is 504 g/mol. The summed E-state index contributed by atoms with van der Waals surface area (Å²) in [6.45, 7) is 6.84. The van der Waals surface area contributed by atoms with Crippen LogP contribution in [0.1, 0.15) is 52.2 Å². The third-order valence-electron chi connectivity index (χ3n) is 5.46. The largest absolute Gasteiger partial charge is 0.497 e. The molecule has 0 fully saturated rings. The van der Waals surface area contributed by atoms with E-state index in [1.54, 1.807) is 49.4 Å². The summed E-state index contributed by atoms with van der Waals surface area (Å²) < 4.78 is 16.1. The van der Waals surface area contributed by atoms with Gasteiger partial charge in [0.2, 0.25) is 0 Å². The zero-order valence-corrected chi connectivity index (χ0v) is 22.2. The molecule has 2 rings (SSSR count). The standard InChI is InChI=1S/C27H40N2O5S/c1-5-6-9-25(26(30)19-35-18-24-8-7-14-33-24)28-16-21(15-20(2)3)29-27(31)17-34-23-12-10-22(32-4)11-13-23/h7-8,10-14,20-21,25,28H,5-6,9,15-19H2,1-4H3,(H,29,31). The molecule has 2 atom stereocenters. The van der Waals surface area contributed by atoms with E-state index in [0.717, 1.165) is 37.2 Å². The summed E-state index contributed by atoms with van der Waals surface area (Å²) in [5.74, 6) is 3.73. The van der Waals surface area contributed by atoms with Crippen LogP contribution >= 0.6 is 11.8 Å². The van der Waals surface area contributed by atoms with Gasteiger partial charge in [-0.15, -0.1) is 11.8 Å². The highest BCUT2D eigenvalue weighted by molar-refractivity contribution is 7.99. The lowest BCUT2D eigenvalue weighted by molar-refractivity contribution is -0.123. The maximum absolute atomic E-state index is 12.9. The van der Waals surface area contributed by atoms with Gasteiger partial charge in [0.15, 0.2) is 12.4 Å². The molecule has 1 aromatic carbocycles. The summed E-state index contributed by atoms with van der Waals surface area (Å²) >= 11 is 1.57. The number of unbranched alkanes of at least 4 members (excludes halogenated alkanes) is 1. The molecule has 0 aliphatic rings. The van der Waals surface area contributed by atoms with Gasteiger partial charge < -0.3 is 24.5 Å². The number of hydrogen-bond acceptors (Lipinski definition) is 7. The second-order valence-corrected chi connectivity index (χ2v) is 9.99. The zero-order chi connectivity index (χ0) is 25.5. The van der Waals surface area contributed by atoms with Crippen LogP contribution in [0, 0.1) is 5.92 Å². The summed E-state index contributed by atoms with van der Waals surface area (Å²) in [7, 11) is 1.60. The Morgan fingerprint density at radius 2 is 1.86 bits per heavy atom. The summed E-state index contributed by atoms with van der Waals surface area (Å²) in [5, 5.41) is 6.51. The van der Waals surface area contributed by atoms with Gasteiger partial charge >= 0.3 is 0 Å². The summed E-state index contributed by atoms with van der Waals surface area (Å²) in [4.78, 5) is 25.5. The zero-order valence-electron chi connectivity index (χ0n) is 21.4. The molecule has 0 saturated carbocycles. The van der Waals surface area contributed by atoms with Crippen molar-refractivity contribution in [1.82, 2.24) is 10.6 Å². The normalized spacial score (nSPS) is 12.8. The van der Waals surface area contributed by atoms with Gasteiger partial charge in [0, 0.05) is 12.6 Å². The Hall–Kier alpha value is -2.45. The highest BCUT2D eigenvalue weighted by Crippen LogP contribution is 2.17. The molecule has 0 saturated heterocycles. The maximum atomic E-state index is 12.9. The van der Waals surface area contributed by atoms with E-state index < -0.39 is 0 Å². The van der Waals surface area contributed by atoms with Crippen LogP contribution in [0.4, 0.5) is 0 Å². The van der Waals surface area contributed by atoms with Gasteiger partial charge in [-0.05, 0) is 55.2 Å². The van der Waals surface area contributed by atoms with Crippen LogP contribution in [-0.4, -0.2) is 49.8 Å². The van der Waals surface area contributed by atoms with Crippen LogP contribution in [0.5, 0.6) is 11.5 Å². The molecular weight excluding hydrogens is 464 g/mol. The lowest BCUT2D eigenvalue weighted by Crippen LogP contribution is -2.49. The highest BCUT2D eigenvalue weighted by atomic mass is 32.2. The topological polar surface area (TPSA) is 89.8 Å². The number of thioether (sulfide) groups is 1. The van der Waals surface area contributed by atoms with E-state index in [2.05, 4.69) is 31.4 Å². The third kappa shape index (κ3) is 11.7. The lowest BCUT2D eigenvalue weighted by atomic mass is 10.0. The van der Waals surface area contributed by atoms with E-state index >= 15 is 0 Å². The minimum Gasteiger partial charge on any atom is -0.497 e. The minimum absolute atomic E-state index is 0.0669. The van der Waals surface area contributed by atoms with Crippen molar-refractivity contribution in [3.8, 4) is 11.5 Å². The first kappa shape index (κ1) is 28.8. The molecule has 0 bridgehead atoms. The first-order chi connectivity index (χ1) is 16.9. The number of carbonyl (C=O) groups excluding carboxylic acids is 2. The summed E-state index contributed by atoms with van der Waals surface area (Å²) in [6, 6.07) is 10.6. The van der Waals surface area contributed by atoms with Crippen LogP contribution in [0.2, 0.25) is 0 Å². The van der Waals surface area contributed by atoms with Crippen LogP contribution in [0.15, 0.2) is 47.1 Å². The molecule has 0 aliphatic carbocycles. The summed E-state index contributed by atoms with van der Waals surface area (Å²) in [6.07, 6.45) is 5.25. The van der Waals surface area contributed by atoms with Crippen molar-refractivity contribution in [1.29, 1.82) is 0 Å². The second kappa shape index (κ2) is 16.3. The fourth-order valence-electron chi connectivity index (χ4n) is 3.67. The van der Waals surface area contributed by atoms with Crippen LogP contribution in [0.25, 0.3) is 0 Å². The van der Waals surface area contributed by atoms with Crippen LogP contribution < -0.4 is 20.1 Å². The molecule has 0 spiro atoms. The molecule has 2 unspecified atom stereocenters. The molecule has 35 heavy (non-hydrogen) atoms. The van der Waals surface area contributed by atoms with E-state index in [1.165, 1.54) is 0 Å². The van der Waals surface area contributed by atoms with Crippen molar-refractivity contribution >= 4 is 23.5 Å². The Labute approximate surface area is 213 Å². The maximum Gasteiger partial charge on any atom is 0.258 e. The van der Waals surface area contributed by atoms with Crippen molar-refractivity contribution in [2.24, 2.45) is 5.92 Å². The molecule has 1 amide bonds. The van der Waals surface area contributed by atoms with Gasteiger partial charge in [-0.1, -0.05) is 33.6 Å². The van der Waals surface area contributed by atoms with Gasteiger partial charge in [0.25, 0.3) is 5.91 Å². The minimum atomic E-state index is -0.221. The number of amides is 1. The first-order valence-corrected chi connectivity index (χ1v) is 13.5. The Morgan fingerprint density at radius 3 is 2.49 bits per heavy atom. The average molecular weight is 505 g/mol. The SMILES string of the molecule is CCCCC(NCC(CC(C)C)NC(=O)COc1ccc(OC)cc1)C(=O)CSCc1ccco1. The third-order valence-corrected chi connectivity index (χ3v) is 6.44. The number of methoxy groups -OCH3 is 1.